The minimum absolute atomic E-state index is 0.0362. The highest BCUT2D eigenvalue weighted by atomic mass is 19.1. The van der Waals surface area contributed by atoms with Crippen LogP contribution in [0.1, 0.15) is 44.9 Å². The Balaban J connectivity index is 1.46. The van der Waals surface area contributed by atoms with Gasteiger partial charge in [0, 0.05) is 43.4 Å². The predicted molar refractivity (Wildman–Crippen MR) is 158 cm³/mol. The Bertz CT molecular complexity index is 1900. The average Bonchev–Trinajstić information content (AvgIpc) is 3.41. The molecule has 44 heavy (non-hydrogen) atoms. The Morgan fingerprint density at radius 1 is 1.02 bits per heavy atom. The van der Waals surface area contributed by atoms with Gasteiger partial charge in [0.25, 0.3) is 11.8 Å². The van der Waals surface area contributed by atoms with E-state index in [1.54, 1.807) is 37.5 Å². The summed E-state index contributed by atoms with van der Waals surface area (Å²) in [6.07, 6.45) is 2.96. The number of nitrogens with one attached hydrogen (secondary N) is 2. The van der Waals surface area contributed by atoms with Crippen LogP contribution >= 0.6 is 0 Å². The molecule has 0 bridgehead atoms. The average molecular weight is 599 g/mol. The molecule has 0 saturated heterocycles. The van der Waals surface area contributed by atoms with Gasteiger partial charge in [0.2, 0.25) is 0 Å². The second-order valence-corrected chi connectivity index (χ2v) is 10.7. The molecular formula is C33H28F2N4O5. The van der Waals surface area contributed by atoms with E-state index in [1.807, 2.05) is 0 Å². The number of amides is 2. The van der Waals surface area contributed by atoms with Gasteiger partial charge < -0.3 is 24.9 Å². The lowest BCUT2D eigenvalue weighted by molar-refractivity contribution is -0.00349. The number of rotatable bonds is 7. The maximum atomic E-state index is 16.5. The zero-order chi connectivity index (χ0) is 31.2. The van der Waals surface area contributed by atoms with Gasteiger partial charge in [-0.05, 0) is 72.6 Å². The molecule has 3 N–H and O–H groups in total. The first-order valence-corrected chi connectivity index (χ1v) is 13.9. The lowest BCUT2D eigenvalue weighted by Crippen LogP contribution is -2.57. The molecular weight excluding hydrogens is 570 g/mol. The number of fused-ring (bicyclic) bond motifs is 1. The maximum Gasteiger partial charge on any atom is 0.255 e. The Labute approximate surface area is 250 Å². The van der Waals surface area contributed by atoms with Crippen LogP contribution in [0.2, 0.25) is 0 Å². The Kier molecular flexibility index (Phi) is 7.34. The van der Waals surface area contributed by atoms with Crippen molar-refractivity contribution >= 4 is 22.8 Å². The lowest BCUT2D eigenvalue weighted by Gasteiger charge is -2.44. The molecule has 2 heterocycles. The predicted octanol–water partition coefficient (Wildman–Crippen LogP) is 5.29. The third-order valence-corrected chi connectivity index (χ3v) is 7.95. The number of methoxy groups -OCH3 is 1. The topological polar surface area (TPSA) is 127 Å². The van der Waals surface area contributed by atoms with Crippen LogP contribution < -0.4 is 15.4 Å². The van der Waals surface area contributed by atoms with Crippen molar-refractivity contribution in [2.45, 2.75) is 31.4 Å². The van der Waals surface area contributed by atoms with Crippen molar-refractivity contribution in [3.8, 4) is 28.2 Å². The molecule has 5 aromatic rings. The first kappa shape index (κ1) is 28.9. The summed E-state index contributed by atoms with van der Waals surface area (Å²) >= 11 is 0. The molecule has 1 saturated carbocycles. The molecule has 0 spiro atoms. The number of carbonyl (C=O) groups excluding carboxylic acids is 2. The fraction of sp³-hybridized carbons (Fsp3) is 0.212. The van der Waals surface area contributed by atoms with Crippen LogP contribution in [0.4, 0.5) is 8.78 Å². The Hall–Kier alpha value is -5.16. The zero-order valence-corrected chi connectivity index (χ0v) is 24.1. The molecule has 2 amide bonds. The number of aryl methyl sites for hydroxylation is 1. The number of aliphatic hydroxyl groups is 1. The highest BCUT2D eigenvalue weighted by Crippen LogP contribution is 2.42. The number of hydrogen-bond acceptors (Lipinski definition) is 7. The van der Waals surface area contributed by atoms with Crippen molar-refractivity contribution in [2.75, 3.05) is 14.2 Å². The van der Waals surface area contributed by atoms with Gasteiger partial charge in [-0.3, -0.25) is 9.59 Å². The maximum absolute atomic E-state index is 16.5. The standard InChI is InChI=1S/C33H28F2N4O5/c1-17-13-25(43-3)23(30(41)39-33(15-20(40)16-33)32-37-11-4-12-38-32)14-22(17)21-9-10-24-26(28(21)35)27(31(42)36-2)29(44-24)18-5-7-19(34)8-6-18/h4-14,20,40H,15-16H2,1-3H3,(H,36,42)(H,39,41). The van der Waals surface area contributed by atoms with E-state index in [-0.39, 0.29) is 52.0 Å². The van der Waals surface area contributed by atoms with E-state index >= 15 is 4.39 Å². The van der Waals surface area contributed by atoms with Crippen molar-refractivity contribution in [2.24, 2.45) is 0 Å². The number of halogens is 2. The van der Waals surface area contributed by atoms with Crippen molar-refractivity contribution in [1.82, 2.24) is 20.6 Å². The summed E-state index contributed by atoms with van der Waals surface area (Å²) in [5.74, 6) is -1.56. The zero-order valence-electron chi connectivity index (χ0n) is 24.1. The van der Waals surface area contributed by atoms with E-state index in [0.29, 0.717) is 22.5 Å². The van der Waals surface area contributed by atoms with E-state index in [1.165, 1.54) is 50.6 Å². The second-order valence-electron chi connectivity index (χ2n) is 10.7. The third kappa shape index (κ3) is 4.84. The fourth-order valence-corrected chi connectivity index (χ4v) is 5.74. The van der Waals surface area contributed by atoms with Gasteiger partial charge in [-0.15, -0.1) is 0 Å². The number of carbonyl (C=O) groups is 2. The summed E-state index contributed by atoms with van der Waals surface area (Å²) in [5, 5.41) is 15.6. The molecule has 9 nitrogen and oxygen atoms in total. The lowest BCUT2D eigenvalue weighted by atomic mass is 9.73. The van der Waals surface area contributed by atoms with E-state index in [2.05, 4.69) is 20.6 Å². The van der Waals surface area contributed by atoms with Crippen molar-refractivity contribution in [3.63, 3.8) is 0 Å². The van der Waals surface area contributed by atoms with Crippen LogP contribution in [-0.4, -0.2) is 47.2 Å². The monoisotopic (exact) mass is 598 g/mol. The number of aliphatic hydroxyl groups excluding tert-OH is 1. The van der Waals surface area contributed by atoms with Gasteiger partial charge in [0.1, 0.15) is 34.3 Å². The van der Waals surface area contributed by atoms with Crippen LogP contribution in [0.3, 0.4) is 0 Å². The SMILES string of the molecule is CNC(=O)c1c(-c2ccc(F)cc2)oc2ccc(-c3cc(C(=O)NC4(c5ncccn5)CC(O)C4)c(OC)cc3C)c(F)c12. The number of ether oxygens (including phenoxy) is 1. The first-order valence-electron chi connectivity index (χ1n) is 13.9. The summed E-state index contributed by atoms with van der Waals surface area (Å²) in [5.41, 5.74) is 0.778. The quantitative estimate of drug-likeness (QED) is 0.232. The number of hydrogen-bond donors (Lipinski definition) is 3. The van der Waals surface area contributed by atoms with Gasteiger partial charge >= 0.3 is 0 Å². The highest BCUT2D eigenvalue weighted by Gasteiger charge is 2.48. The minimum Gasteiger partial charge on any atom is -0.496 e. The van der Waals surface area contributed by atoms with Crippen LogP contribution in [0.5, 0.6) is 5.75 Å². The smallest absolute Gasteiger partial charge is 0.255 e. The van der Waals surface area contributed by atoms with Gasteiger partial charge in [0.15, 0.2) is 5.82 Å². The summed E-state index contributed by atoms with van der Waals surface area (Å²) < 4.78 is 41.6. The molecule has 11 heteroatoms. The molecule has 2 aromatic heterocycles. The van der Waals surface area contributed by atoms with Crippen LogP contribution in [0, 0.1) is 18.6 Å². The van der Waals surface area contributed by atoms with Crippen LogP contribution in [-0.2, 0) is 5.54 Å². The van der Waals surface area contributed by atoms with Crippen molar-refractivity contribution in [3.05, 3.63) is 101 Å². The Morgan fingerprint density at radius 2 is 1.73 bits per heavy atom. The van der Waals surface area contributed by atoms with E-state index in [0.717, 1.165) is 0 Å². The largest absolute Gasteiger partial charge is 0.496 e. The molecule has 1 aliphatic carbocycles. The molecule has 1 fully saturated rings. The molecule has 3 aromatic carbocycles. The molecule has 0 unspecified atom stereocenters. The molecule has 1 aliphatic rings. The molecule has 224 valence electrons. The number of benzene rings is 3. The molecule has 0 atom stereocenters. The van der Waals surface area contributed by atoms with Gasteiger partial charge in [-0.2, -0.15) is 0 Å². The summed E-state index contributed by atoms with van der Waals surface area (Å²) in [7, 11) is 2.85. The Morgan fingerprint density at radius 3 is 2.36 bits per heavy atom. The first-order chi connectivity index (χ1) is 21.2. The number of aromatic nitrogens is 2. The second kappa shape index (κ2) is 11.2. The molecule has 6 rings (SSSR count). The fourth-order valence-electron chi connectivity index (χ4n) is 5.74. The van der Waals surface area contributed by atoms with Gasteiger partial charge in [-0.25, -0.2) is 18.7 Å². The normalized spacial score (nSPS) is 17.6. The molecule has 0 aliphatic heterocycles. The molecule has 0 radical (unpaired) electrons. The summed E-state index contributed by atoms with van der Waals surface area (Å²) in [4.78, 5) is 35.4. The highest BCUT2D eigenvalue weighted by molar-refractivity contribution is 6.12. The number of nitrogens with zero attached hydrogens (tertiary/aromatic N) is 2. The van der Waals surface area contributed by atoms with Crippen molar-refractivity contribution in [1.29, 1.82) is 0 Å². The van der Waals surface area contributed by atoms with E-state index in [4.69, 9.17) is 9.15 Å². The van der Waals surface area contributed by atoms with Gasteiger partial charge in [0.05, 0.1) is 29.7 Å². The third-order valence-electron chi connectivity index (χ3n) is 7.95. The van der Waals surface area contributed by atoms with Crippen LogP contribution in [0.25, 0.3) is 33.4 Å². The van der Waals surface area contributed by atoms with E-state index < -0.39 is 35.1 Å². The summed E-state index contributed by atoms with van der Waals surface area (Å²) in [6, 6.07) is 13.2. The number of furan rings is 1. The van der Waals surface area contributed by atoms with Crippen LogP contribution in [0.15, 0.2) is 71.4 Å². The minimum atomic E-state index is -0.978. The summed E-state index contributed by atoms with van der Waals surface area (Å²) in [6.45, 7) is 1.75. The van der Waals surface area contributed by atoms with Crippen molar-refractivity contribution < 1.29 is 32.6 Å². The van der Waals surface area contributed by atoms with Gasteiger partial charge in [-0.1, -0.05) is 0 Å². The van der Waals surface area contributed by atoms with E-state index in [9.17, 15) is 19.1 Å².